The molecule has 4 rings (SSSR count). The van der Waals surface area contributed by atoms with Gasteiger partial charge in [0.15, 0.2) is 0 Å². The Hall–Kier alpha value is -3.60. The van der Waals surface area contributed by atoms with Crippen molar-refractivity contribution in [3.05, 3.63) is 89.5 Å². The second-order valence-corrected chi connectivity index (χ2v) is 7.00. The van der Waals surface area contributed by atoms with Crippen LogP contribution >= 0.6 is 0 Å². The number of rotatable bonds is 3. The SMILES string of the molecule is CCO/C(=N\C(=O)c1ccccc1OC)N1Cc2ccccc2-c2ccccc2C1. The van der Waals surface area contributed by atoms with Crippen molar-refractivity contribution in [2.24, 2.45) is 4.99 Å². The molecular formula is C25H24N2O3. The predicted molar refractivity (Wildman–Crippen MR) is 118 cm³/mol. The third-order valence-corrected chi connectivity index (χ3v) is 5.13. The summed E-state index contributed by atoms with van der Waals surface area (Å²) in [6.45, 7) is 3.51. The molecule has 5 heteroatoms. The van der Waals surface area contributed by atoms with Crippen molar-refractivity contribution in [2.75, 3.05) is 13.7 Å². The van der Waals surface area contributed by atoms with Crippen molar-refractivity contribution in [2.45, 2.75) is 20.0 Å². The molecule has 0 spiro atoms. The molecule has 0 fully saturated rings. The summed E-state index contributed by atoms with van der Waals surface area (Å²) in [6, 6.07) is 24.0. The fourth-order valence-electron chi connectivity index (χ4n) is 3.74. The van der Waals surface area contributed by atoms with Crippen LogP contribution < -0.4 is 4.74 Å². The molecule has 0 saturated carbocycles. The zero-order valence-electron chi connectivity index (χ0n) is 17.2. The average Bonchev–Trinajstić information content (AvgIpc) is 2.95. The van der Waals surface area contributed by atoms with Crippen LogP contribution in [0.1, 0.15) is 28.4 Å². The van der Waals surface area contributed by atoms with Gasteiger partial charge in [-0.1, -0.05) is 60.7 Å². The maximum atomic E-state index is 13.0. The van der Waals surface area contributed by atoms with Crippen LogP contribution in [-0.4, -0.2) is 30.5 Å². The molecule has 0 N–H and O–H groups in total. The van der Waals surface area contributed by atoms with Gasteiger partial charge in [-0.2, -0.15) is 4.99 Å². The second kappa shape index (κ2) is 8.82. The van der Waals surface area contributed by atoms with E-state index in [2.05, 4.69) is 29.3 Å². The Bertz CT molecular complexity index is 1040. The molecule has 1 heterocycles. The van der Waals surface area contributed by atoms with E-state index in [0.29, 0.717) is 37.0 Å². The number of carbonyl (C=O) groups excluding carboxylic acids is 1. The minimum Gasteiger partial charge on any atom is -0.496 e. The van der Waals surface area contributed by atoms with Gasteiger partial charge in [0, 0.05) is 13.1 Å². The van der Waals surface area contributed by atoms with Gasteiger partial charge in [0.05, 0.1) is 19.3 Å². The molecule has 1 aliphatic rings. The number of amides is 1. The molecule has 0 bridgehead atoms. The molecule has 152 valence electrons. The summed E-state index contributed by atoms with van der Waals surface area (Å²) in [5, 5.41) is 0. The number of fused-ring (bicyclic) bond motifs is 3. The Morgan fingerprint density at radius 1 is 0.900 bits per heavy atom. The number of ether oxygens (including phenoxy) is 2. The van der Waals surface area contributed by atoms with Gasteiger partial charge in [-0.05, 0) is 41.3 Å². The lowest BCUT2D eigenvalue weighted by molar-refractivity contribution is 0.0990. The minimum atomic E-state index is -0.387. The molecule has 0 radical (unpaired) electrons. The number of methoxy groups -OCH3 is 1. The lowest BCUT2D eigenvalue weighted by atomic mass is 9.97. The van der Waals surface area contributed by atoms with Crippen molar-refractivity contribution >= 4 is 11.9 Å². The Kier molecular flexibility index (Phi) is 5.80. The van der Waals surface area contributed by atoms with Gasteiger partial charge in [-0.25, -0.2) is 0 Å². The molecule has 0 aliphatic carbocycles. The number of amidine groups is 1. The number of aliphatic imine (C=N–C) groups is 1. The van der Waals surface area contributed by atoms with Crippen molar-refractivity contribution in [3.63, 3.8) is 0 Å². The Morgan fingerprint density at radius 2 is 1.47 bits per heavy atom. The Morgan fingerprint density at radius 3 is 2.07 bits per heavy atom. The third kappa shape index (κ3) is 3.92. The molecule has 3 aromatic carbocycles. The van der Waals surface area contributed by atoms with Gasteiger partial charge in [-0.15, -0.1) is 0 Å². The normalized spacial score (nSPS) is 13.1. The summed E-state index contributed by atoms with van der Waals surface area (Å²) < 4.78 is 11.2. The average molecular weight is 400 g/mol. The highest BCUT2D eigenvalue weighted by molar-refractivity contribution is 6.03. The standard InChI is InChI=1S/C25H24N2O3/c1-3-30-25(26-24(28)22-14-8-9-15-23(22)29-2)27-16-18-10-4-6-12-20(18)21-13-7-5-11-19(21)17-27/h4-15H,3,16-17H2,1-2H3/b26-25-. The zero-order valence-corrected chi connectivity index (χ0v) is 17.2. The number of carbonyl (C=O) groups is 1. The molecule has 3 aromatic rings. The third-order valence-electron chi connectivity index (χ3n) is 5.13. The monoisotopic (exact) mass is 400 g/mol. The topological polar surface area (TPSA) is 51.1 Å². The molecule has 5 nitrogen and oxygen atoms in total. The fraction of sp³-hybridized carbons (Fsp3) is 0.200. The van der Waals surface area contributed by atoms with E-state index < -0.39 is 0 Å². The number of benzene rings is 3. The van der Waals surface area contributed by atoms with E-state index in [4.69, 9.17) is 9.47 Å². The van der Waals surface area contributed by atoms with E-state index in [1.165, 1.54) is 22.3 Å². The van der Waals surface area contributed by atoms with Crippen LogP contribution in [0.5, 0.6) is 5.75 Å². The molecule has 1 aliphatic heterocycles. The van der Waals surface area contributed by atoms with Gasteiger partial charge in [-0.3, -0.25) is 4.79 Å². The highest BCUT2D eigenvalue weighted by Crippen LogP contribution is 2.32. The first-order valence-corrected chi connectivity index (χ1v) is 10.0. The molecule has 0 saturated heterocycles. The number of nitrogens with zero attached hydrogens (tertiary/aromatic N) is 2. The fourth-order valence-corrected chi connectivity index (χ4v) is 3.74. The van der Waals surface area contributed by atoms with Gasteiger partial charge < -0.3 is 14.4 Å². The molecule has 0 unspecified atom stereocenters. The van der Waals surface area contributed by atoms with Crippen LogP contribution in [0.4, 0.5) is 0 Å². The Balaban J connectivity index is 1.75. The molecule has 0 atom stereocenters. The molecule has 0 aromatic heterocycles. The van der Waals surface area contributed by atoms with E-state index in [9.17, 15) is 4.79 Å². The van der Waals surface area contributed by atoms with Crippen LogP contribution in [0.2, 0.25) is 0 Å². The molecule has 30 heavy (non-hydrogen) atoms. The number of hydrogen-bond donors (Lipinski definition) is 0. The van der Waals surface area contributed by atoms with E-state index >= 15 is 0 Å². The van der Waals surface area contributed by atoms with E-state index in [1.807, 2.05) is 42.2 Å². The van der Waals surface area contributed by atoms with Crippen LogP contribution in [0, 0.1) is 0 Å². The van der Waals surface area contributed by atoms with Crippen molar-refractivity contribution in [1.82, 2.24) is 4.90 Å². The highest BCUT2D eigenvalue weighted by Gasteiger charge is 2.23. The van der Waals surface area contributed by atoms with Gasteiger partial charge >= 0.3 is 0 Å². The Labute approximate surface area is 176 Å². The summed E-state index contributed by atoms with van der Waals surface area (Å²) in [7, 11) is 1.54. The van der Waals surface area contributed by atoms with E-state index in [1.54, 1.807) is 25.3 Å². The summed E-state index contributed by atoms with van der Waals surface area (Å²) >= 11 is 0. The smallest absolute Gasteiger partial charge is 0.296 e. The van der Waals surface area contributed by atoms with Gasteiger partial charge in [0.1, 0.15) is 5.75 Å². The summed E-state index contributed by atoms with van der Waals surface area (Å²) in [4.78, 5) is 19.3. The van der Waals surface area contributed by atoms with Crippen LogP contribution in [0.25, 0.3) is 11.1 Å². The zero-order chi connectivity index (χ0) is 20.9. The van der Waals surface area contributed by atoms with E-state index in [0.717, 1.165) is 0 Å². The predicted octanol–water partition coefficient (Wildman–Crippen LogP) is 4.91. The summed E-state index contributed by atoms with van der Waals surface area (Å²) in [5.74, 6) is 0.107. The van der Waals surface area contributed by atoms with Crippen molar-refractivity contribution in [3.8, 4) is 16.9 Å². The second-order valence-electron chi connectivity index (χ2n) is 7.00. The van der Waals surface area contributed by atoms with E-state index in [-0.39, 0.29) is 5.91 Å². The minimum absolute atomic E-state index is 0.319. The first-order chi connectivity index (χ1) is 14.7. The van der Waals surface area contributed by atoms with Gasteiger partial charge in [0.25, 0.3) is 11.9 Å². The lowest BCUT2D eigenvalue weighted by Crippen LogP contribution is -2.32. The van der Waals surface area contributed by atoms with Crippen LogP contribution in [0.15, 0.2) is 77.8 Å². The van der Waals surface area contributed by atoms with Gasteiger partial charge in [0.2, 0.25) is 0 Å². The molecular weight excluding hydrogens is 376 g/mol. The maximum Gasteiger partial charge on any atom is 0.296 e. The molecule has 1 amide bonds. The largest absolute Gasteiger partial charge is 0.496 e. The van der Waals surface area contributed by atoms with Crippen LogP contribution in [-0.2, 0) is 17.8 Å². The quantitative estimate of drug-likeness (QED) is 0.463. The first kappa shape index (κ1) is 19.7. The summed E-state index contributed by atoms with van der Waals surface area (Å²) in [5.41, 5.74) is 5.14. The number of para-hydroxylation sites is 1. The lowest BCUT2D eigenvalue weighted by Gasteiger charge is -2.24. The maximum absolute atomic E-state index is 13.0. The van der Waals surface area contributed by atoms with Crippen molar-refractivity contribution in [1.29, 1.82) is 0 Å². The van der Waals surface area contributed by atoms with Crippen LogP contribution in [0.3, 0.4) is 0 Å². The first-order valence-electron chi connectivity index (χ1n) is 10.0. The van der Waals surface area contributed by atoms with Crippen molar-refractivity contribution < 1.29 is 14.3 Å². The highest BCUT2D eigenvalue weighted by atomic mass is 16.5. The number of hydrogen-bond acceptors (Lipinski definition) is 3. The summed E-state index contributed by atoms with van der Waals surface area (Å²) in [6.07, 6.45) is 0.